The van der Waals surface area contributed by atoms with Gasteiger partial charge in [0.2, 0.25) is 0 Å². The maximum Gasteiger partial charge on any atom is 0.307 e. The van der Waals surface area contributed by atoms with Crippen LogP contribution in [0.1, 0.15) is 92.4 Å². The molecule has 0 aromatic rings. The van der Waals surface area contributed by atoms with Crippen molar-refractivity contribution in [3.63, 3.8) is 0 Å². The van der Waals surface area contributed by atoms with E-state index in [4.69, 9.17) is 9.47 Å². The molecule has 6 nitrogen and oxygen atoms in total. The quantitative estimate of drug-likeness (QED) is 0.374. The van der Waals surface area contributed by atoms with Gasteiger partial charge >= 0.3 is 5.97 Å². The average molecular weight is 519 g/mol. The lowest BCUT2D eigenvalue weighted by Gasteiger charge is -2.57. The van der Waals surface area contributed by atoms with Crippen molar-refractivity contribution in [1.29, 1.82) is 0 Å². The molecule has 0 bridgehead atoms. The molecule has 4 aliphatic rings. The van der Waals surface area contributed by atoms with Crippen molar-refractivity contribution >= 4 is 5.97 Å². The Hall–Kier alpha value is -1.21. The van der Waals surface area contributed by atoms with Gasteiger partial charge in [0.15, 0.2) is 0 Å². The topological polar surface area (TPSA) is 96.2 Å². The lowest BCUT2D eigenvalue weighted by molar-refractivity contribution is -0.166. The zero-order chi connectivity index (χ0) is 27.2. The number of hydrogen-bond donors (Lipinski definition) is 3. The normalized spacial score (nSPS) is 40.1. The zero-order valence-corrected chi connectivity index (χ0v) is 23.8. The second-order valence-corrected chi connectivity index (χ2v) is 13.5. The third-order valence-corrected chi connectivity index (χ3v) is 10.8. The summed E-state index contributed by atoms with van der Waals surface area (Å²) < 4.78 is 10.6. The molecule has 9 atom stereocenters. The van der Waals surface area contributed by atoms with E-state index in [1.165, 1.54) is 25.5 Å². The number of rotatable bonds is 9. The molecule has 0 saturated heterocycles. The Morgan fingerprint density at radius 3 is 2.57 bits per heavy atom. The third-order valence-electron chi connectivity index (χ3n) is 10.8. The van der Waals surface area contributed by atoms with Crippen molar-refractivity contribution in [1.82, 2.24) is 0 Å². The molecule has 6 heteroatoms. The fourth-order valence-electron chi connectivity index (χ4n) is 8.67. The number of ether oxygens (including phenoxy) is 2. The van der Waals surface area contributed by atoms with Crippen LogP contribution in [-0.2, 0) is 14.3 Å². The number of aliphatic hydroxyl groups is 3. The van der Waals surface area contributed by atoms with Crippen molar-refractivity contribution in [2.75, 3.05) is 13.7 Å². The Labute approximate surface area is 223 Å². The van der Waals surface area contributed by atoms with Crippen LogP contribution < -0.4 is 0 Å². The van der Waals surface area contributed by atoms with Gasteiger partial charge in [-0.1, -0.05) is 56.9 Å². The molecule has 0 heterocycles. The predicted octanol–water partition coefficient (Wildman–Crippen LogP) is 4.95. The summed E-state index contributed by atoms with van der Waals surface area (Å²) >= 11 is 0. The van der Waals surface area contributed by atoms with Crippen LogP contribution >= 0.6 is 0 Å². The van der Waals surface area contributed by atoms with E-state index >= 15 is 0 Å². The highest BCUT2D eigenvalue weighted by Gasteiger charge is 2.60. The van der Waals surface area contributed by atoms with Crippen LogP contribution in [0.4, 0.5) is 0 Å². The van der Waals surface area contributed by atoms with E-state index in [1.807, 2.05) is 13.8 Å². The third kappa shape index (κ3) is 5.33. The molecule has 3 N–H and O–H groups in total. The first-order valence-corrected chi connectivity index (χ1v) is 14.5. The second kappa shape index (κ2) is 10.7. The van der Waals surface area contributed by atoms with Crippen LogP contribution in [-0.4, -0.2) is 58.9 Å². The molecule has 37 heavy (non-hydrogen) atoms. The summed E-state index contributed by atoms with van der Waals surface area (Å²) in [7, 11) is 1.35. The SMILES string of the molecule is COC(=O)CCO[C@@H]1[C@H](O)CC2=CC=C3[C@@H]4CC[C@H]([C@H](C)CCCC(C)(C)O)[C@@]4(C)CC[C@@H]3[C@@]2(C)[C@H]1O. The fourth-order valence-corrected chi connectivity index (χ4v) is 8.67. The predicted molar refractivity (Wildman–Crippen MR) is 144 cm³/mol. The molecular weight excluding hydrogens is 468 g/mol. The minimum absolute atomic E-state index is 0.107. The zero-order valence-electron chi connectivity index (χ0n) is 23.8. The van der Waals surface area contributed by atoms with Crippen molar-refractivity contribution in [2.45, 2.75) is 116 Å². The van der Waals surface area contributed by atoms with Crippen LogP contribution in [0.5, 0.6) is 0 Å². The monoisotopic (exact) mass is 518 g/mol. The van der Waals surface area contributed by atoms with E-state index in [1.54, 1.807) is 0 Å². The number of hydrogen-bond acceptors (Lipinski definition) is 6. The molecule has 0 spiro atoms. The highest BCUT2D eigenvalue weighted by molar-refractivity contribution is 5.69. The summed E-state index contributed by atoms with van der Waals surface area (Å²) in [6, 6.07) is 0. The Morgan fingerprint density at radius 2 is 1.89 bits per heavy atom. The van der Waals surface area contributed by atoms with E-state index < -0.39 is 29.3 Å². The highest BCUT2D eigenvalue weighted by Crippen LogP contribution is 2.66. The molecule has 0 radical (unpaired) electrons. The van der Waals surface area contributed by atoms with Crippen LogP contribution in [0.15, 0.2) is 23.3 Å². The molecule has 0 aliphatic heterocycles. The molecule has 0 aromatic carbocycles. The maximum atomic E-state index is 11.7. The maximum absolute atomic E-state index is 11.7. The average Bonchev–Trinajstić information content (AvgIpc) is 3.18. The second-order valence-electron chi connectivity index (χ2n) is 13.5. The number of carbonyl (C=O) groups is 1. The summed E-state index contributed by atoms with van der Waals surface area (Å²) in [6.45, 7) is 11.0. The molecule has 3 saturated carbocycles. The minimum Gasteiger partial charge on any atom is -0.469 e. The summed E-state index contributed by atoms with van der Waals surface area (Å²) in [5.74, 6) is 1.70. The van der Waals surface area contributed by atoms with Crippen molar-refractivity contribution < 1.29 is 29.6 Å². The fraction of sp³-hybridized carbons (Fsp3) is 0.839. The first-order chi connectivity index (χ1) is 17.3. The van der Waals surface area contributed by atoms with Gasteiger partial charge in [-0.25, -0.2) is 0 Å². The van der Waals surface area contributed by atoms with Gasteiger partial charge in [-0.05, 0) is 81.5 Å². The van der Waals surface area contributed by atoms with Crippen molar-refractivity contribution in [3.8, 4) is 0 Å². The number of aliphatic hydroxyl groups excluding tert-OH is 2. The van der Waals surface area contributed by atoms with Gasteiger partial charge in [-0.15, -0.1) is 0 Å². The molecule has 210 valence electrons. The van der Waals surface area contributed by atoms with E-state index in [0.717, 1.165) is 37.7 Å². The van der Waals surface area contributed by atoms with Gasteiger partial charge in [0.25, 0.3) is 0 Å². The largest absolute Gasteiger partial charge is 0.469 e. The number of esters is 1. The smallest absolute Gasteiger partial charge is 0.307 e. The van der Waals surface area contributed by atoms with Gasteiger partial charge < -0.3 is 24.8 Å². The van der Waals surface area contributed by atoms with Crippen LogP contribution in [0.3, 0.4) is 0 Å². The molecule has 4 aliphatic carbocycles. The standard InChI is InChI=1S/C31H50O6/c1-19(8-7-15-29(2,3)35)22-11-12-23-21-10-9-20-18-25(32)27(37-17-14-26(33)36-6)28(34)31(20,5)24(21)13-16-30(22,23)4/h9-10,19,22-25,27-28,32,34-35H,7-8,11-18H2,1-6H3/t19-,22-,23+,24+,25-,27-,28+,30-,31+/m1/s1. The van der Waals surface area contributed by atoms with Crippen LogP contribution in [0.2, 0.25) is 0 Å². The Balaban J connectivity index is 1.50. The Morgan fingerprint density at radius 1 is 1.16 bits per heavy atom. The first kappa shape index (κ1) is 28.8. The molecule has 3 fully saturated rings. The molecule has 0 unspecified atom stereocenters. The number of allylic oxidation sites excluding steroid dienone is 3. The number of methoxy groups -OCH3 is 1. The van der Waals surface area contributed by atoms with Crippen LogP contribution in [0, 0.1) is 34.5 Å². The lowest BCUT2D eigenvalue weighted by atomic mass is 9.49. The van der Waals surface area contributed by atoms with E-state index in [-0.39, 0.29) is 30.3 Å². The number of carbonyl (C=O) groups excluding carboxylic acids is 1. The molecule has 4 rings (SSSR count). The molecular formula is C31H50O6. The summed E-state index contributed by atoms with van der Waals surface area (Å²) in [5.41, 5.74) is 1.79. The van der Waals surface area contributed by atoms with E-state index in [2.05, 4.69) is 32.9 Å². The van der Waals surface area contributed by atoms with Crippen LogP contribution in [0.25, 0.3) is 0 Å². The highest BCUT2D eigenvalue weighted by atomic mass is 16.5. The molecule has 0 amide bonds. The van der Waals surface area contributed by atoms with E-state index in [0.29, 0.717) is 24.2 Å². The lowest BCUT2D eigenvalue weighted by Crippen LogP contribution is -2.59. The summed E-state index contributed by atoms with van der Waals surface area (Å²) in [6.07, 6.45) is 10.4. The van der Waals surface area contributed by atoms with Gasteiger partial charge in [-0.2, -0.15) is 0 Å². The first-order valence-electron chi connectivity index (χ1n) is 14.5. The van der Waals surface area contributed by atoms with Gasteiger partial charge in [-0.3, -0.25) is 4.79 Å². The minimum atomic E-state index is -0.837. The number of fused-ring (bicyclic) bond motifs is 5. The van der Waals surface area contributed by atoms with Gasteiger partial charge in [0.1, 0.15) is 6.10 Å². The van der Waals surface area contributed by atoms with Crippen molar-refractivity contribution in [3.05, 3.63) is 23.3 Å². The molecule has 0 aromatic heterocycles. The Bertz CT molecular complexity index is 902. The van der Waals surface area contributed by atoms with Gasteiger partial charge in [0, 0.05) is 5.41 Å². The Kier molecular flexibility index (Phi) is 8.36. The summed E-state index contributed by atoms with van der Waals surface area (Å²) in [4.78, 5) is 11.6. The van der Waals surface area contributed by atoms with E-state index in [9.17, 15) is 20.1 Å². The van der Waals surface area contributed by atoms with Gasteiger partial charge in [0.05, 0.1) is 37.9 Å². The summed E-state index contributed by atoms with van der Waals surface area (Å²) in [5, 5.41) is 32.7. The van der Waals surface area contributed by atoms with Crippen molar-refractivity contribution in [2.24, 2.45) is 34.5 Å².